The molecule has 1 fully saturated rings. The van der Waals surface area contributed by atoms with Crippen molar-refractivity contribution < 1.29 is 4.79 Å². The molecule has 5 heteroatoms. The van der Waals surface area contributed by atoms with E-state index in [1.54, 1.807) is 18.3 Å². The van der Waals surface area contributed by atoms with E-state index in [1.807, 2.05) is 42.6 Å². The summed E-state index contributed by atoms with van der Waals surface area (Å²) in [5.74, 6) is 1.18. The van der Waals surface area contributed by atoms with Gasteiger partial charge in [-0.3, -0.25) is 9.69 Å². The number of aromatic nitrogens is 2. The Morgan fingerprint density at radius 3 is 2.74 bits per heavy atom. The lowest BCUT2D eigenvalue weighted by Crippen LogP contribution is -2.38. The number of benzene rings is 1. The third-order valence-corrected chi connectivity index (χ3v) is 5.37. The van der Waals surface area contributed by atoms with Crippen molar-refractivity contribution in [1.82, 2.24) is 14.5 Å². The van der Waals surface area contributed by atoms with Crippen molar-refractivity contribution >= 4 is 17.4 Å². The van der Waals surface area contributed by atoms with Crippen LogP contribution in [0.5, 0.6) is 0 Å². The maximum Gasteiger partial charge on any atom is 0.167 e. The predicted octanol–water partition coefficient (Wildman–Crippen LogP) is 4.62. The Bertz CT molecular complexity index is 905. The van der Waals surface area contributed by atoms with Gasteiger partial charge in [-0.1, -0.05) is 17.7 Å². The fraction of sp³-hybridized carbons (Fsp3) is 0.273. The quantitative estimate of drug-likeness (QED) is 0.607. The van der Waals surface area contributed by atoms with Gasteiger partial charge >= 0.3 is 0 Å². The molecule has 1 aromatic carbocycles. The molecule has 0 unspecified atom stereocenters. The monoisotopic (exact) mass is 379 g/mol. The highest BCUT2D eigenvalue weighted by Gasteiger charge is 2.27. The summed E-state index contributed by atoms with van der Waals surface area (Å²) >= 11 is 5.94. The number of hydrogen-bond donors (Lipinski definition) is 0. The van der Waals surface area contributed by atoms with Gasteiger partial charge in [0.05, 0.1) is 0 Å². The Kier molecular flexibility index (Phi) is 5.37. The molecular weight excluding hydrogens is 358 g/mol. The van der Waals surface area contributed by atoms with E-state index in [9.17, 15) is 4.79 Å². The van der Waals surface area contributed by atoms with Crippen LogP contribution < -0.4 is 0 Å². The molecule has 0 saturated carbocycles. The van der Waals surface area contributed by atoms with Crippen LogP contribution in [0.3, 0.4) is 0 Å². The number of pyridine rings is 1. The molecular formula is C22H22ClN3O. The van der Waals surface area contributed by atoms with E-state index in [0.717, 1.165) is 43.9 Å². The highest BCUT2D eigenvalue weighted by atomic mass is 35.5. The summed E-state index contributed by atoms with van der Waals surface area (Å²) in [4.78, 5) is 19.7. The number of hydrogen-bond acceptors (Lipinski definition) is 3. The minimum atomic E-state index is 0.0400. The summed E-state index contributed by atoms with van der Waals surface area (Å²) in [6.45, 7) is 2.61. The third kappa shape index (κ3) is 4.12. The normalized spacial score (nSPS) is 17.7. The van der Waals surface area contributed by atoms with Gasteiger partial charge in [0.1, 0.15) is 5.82 Å². The van der Waals surface area contributed by atoms with Crippen LogP contribution in [0.15, 0.2) is 67.0 Å². The van der Waals surface area contributed by atoms with Crippen molar-refractivity contribution in [2.45, 2.75) is 19.4 Å². The maximum absolute atomic E-state index is 12.9. The summed E-state index contributed by atoms with van der Waals surface area (Å²) in [5.41, 5.74) is 1.94. The molecule has 138 valence electrons. The minimum Gasteiger partial charge on any atom is -0.304 e. The molecule has 0 radical (unpaired) electrons. The van der Waals surface area contributed by atoms with Crippen molar-refractivity contribution in [1.29, 1.82) is 0 Å². The number of rotatable bonds is 5. The van der Waals surface area contributed by atoms with Crippen LogP contribution >= 0.6 is 11.6 Å². The zero-order valence-corrected chi connectivity index (χ0v) is 15.8. The summed E-state index contributed by atoms with van der Waals surface area (Å²) in [5, 5.41) is 0.659. The zero-order chi connectivity index (χ0) is 18.6. The van der Waals surface area contributed by atoms with Gasteiger partial charge in [0, 0.05) is 47.7 Å². The number of likely N-dealkylation sites (tertiary alicyclic amines) is 1. The first-order valence-corrected chi connectivity index (χ1v) is 9.68. The lowest BCUT2D eigenvalue weighted by Gasteiger charge is -2.32. The second kappa shape index (κ2) is 8.07. The number of carbonyl (C=O) groups is 1. The van der Waals surface area contributed by atoms with Crippen LogP contribution in [0.1, 0.15) is 28.9 Å². The Labute approximate surface area is 164 Å². The van der Waals surface area contributed by atoms with Gasteiger partial charge in [0.2, 0.25) is 0 Å². The third-order valence-electron chi connectivity index (χ3n) is 5.12. The number of piperidine rings is 1. The molecule has 1 aliphatic heterocycles. The smallest absolute Gasteiger partial charge is 0.167 e. The van der Waals surface area contributed by atoms with E-state index in [4.69, 9.17) is 11.6 Å². The number of Topliss-reactive ketones (excluding diaryl/α,β-unsaturated/α-hetero) is 1. The average molecular weight is 380 g/mol. The SMILES string of the molecule is O=C(c1ccc(Cl)cc1)[C@H]1CCCN(Cc2cccn2-c2ccccn2)C1. The van der Waals surface area contributed by atoms with E-state index >= 15 is 0 Å². The molecule has 1 atom stereocenters. The Morgan fingerprint density at radius 2 is 1.96 bits per heavy atom. The Morgan fingerprint density at radius 1 is 1.11 bits per heavy atom. The second-order valence-electron chi connectivity index (χ2n) is 7.00. The van der Waals surface area contributed by atoms with Gasteiger partial charge in [-0.2, -0.15) is 0 Å². The highest BCUT2D eigenvalue weighted by Crippen LogP contribution is 2.24. The summed E-state index contributed by atoms with van der Waals surface area (Å²) in [6, 6.07) is 17.3. The fourth-order valence-electron chi connectivity index (χ4n) is 3.76. The average Bonchev–Trinajstić information content (AvgIpc) is 3.17. The number of ketones is 1. The molecule has 0 N–H and O–H groups in total. The first-order chi connectivity index (χ1) is 13.2. The topological polar surface area (TPSA) is 38.1 Å². The van der Waals surface area contributed by atoms with E-state index in [2.05, 4.69) is 20.5 Å². The number of carbonyl (C=O) groups excluding carboxylic acids is 1. The van der Waals surface area contributed by atoms with Gasteiger partial charge in [-0.05, 0) is 67.9 Å². The lowest BCUT2D eigenvalue weighted by molar-refractivity contribution is 0.0809. The van der Waals surface area contributed by atoms with Gasteiger partial charge in [0.15, 0.2) is 5.78 Å². The largest absolute Gasteiger partial charge is 0.304 e. The van der Waals surface area contributed by atoms with Crippen molar-refractivity contribution in [2.24, 2.45) is 5.92 Å². The summed E-state index contributed by atoms with van der Waals surface area (Å²) in [6.07, 6.45) is 5.83. The lowest BCUT2D eigenvalue weighted by atomic mass is 9.90. The molecule has 3 heterocycles. The van der Waals surface area contributed by atoms with Crippen LogP contribution in [-0.2, 0) is 6.54 Å². The first kappa shape index (κ1) is 18.0. The Hall–Kier alpha value is -2.43. The highest BCUT2D eigenvalue weighted by molar-refractivity contribution is 6.30. The molecule has 1 saturated heterocycles. The molecule has 0 aliphatic carbocycles. The zero-order valence-electron chi connectivity index (χ0n) is 15.1. The number of halogens is 1. The van der Waals surface area contributed by atoms with Crippen LogP contribution in [0, 0.1) is 5.92 Å². The van der Waals surface area contributed by atoms with Gasteiger partial charge in [0.25, 0.3) is 0 Å². The van der Waals surface area contributed by atoms with Gasteiger partial charge < -0.3 is 4.57 Å². The fourth-order valence-corrected chi connectivity index (χ4v) is 3.88. The predicted molar refractivity (Wildman–Crippen MR) is 107 cm³/mol. The molecule has 4 rings (SSSR count). The van der Waals surface area contributed by atoms with Crippen LogP contribution in [0.2, 0.25) is 5.02 Å². The van der Waals surface area contributed by atoms with Crippen LogP contribution in [-0.4, -0.2) is 33.3 Å². The first-order valence-electron chi connectivity index (χ1n) is 9.30. The van der Waals surface area contributed by atoms with E-state index in [1.165, 1.54) is 5.69 Å². The van der Waals surface area contributed by atoms with Gasteiger partial charge in [-0.15, -0.1) is 0 Å². The maximum atomic E-state index is 12.9. The minimum absolute atomic E-state index is 0.0400. The summed E-state index contributed by atoms with van der Waals surface area (Å²) < 4.78 is 2.12. The van der Waals surface area contributed by atoms with Crippen LogP contribution in [0.25, 0.3) is 5.82 Å². The van der Waals surface area contributed by atoms with E-state index in [0.29, 0.717) is 5.02 Å². The van der Waals surface area contributed by atoms with Crippen molar-refractivity contribution in [3.63, 3.8) is 0 Å². The number of nitrogens with zero attached hydrogens (tertiary/aromatic N) is 3. The molecule has 4 nitrogen and oxygen atoms in total. The standard InChI is InChI=1S/C22H22ClN3O/c23-19-10-8-17(9-11-19)22(27)18-5-3-13-25(15-18)16-20-6-4-14-26(20)21-7-1-2-12-24-21/h1-2,4,6-12,14,18H,3,5,13,15-16H2/t18-/m0/s1. The van der Waals surface area contributed by atoms with Crippen molar-refractivity contribution in [3.8, 4) is 5.82 Å². The van der Waals surface area contributed by atoms with Crippen molar-refractivity contribution in [3.05, 3.63) is 83.3 Å². The van der Waals surface area contributed by atoms with Crippen LogP contribution in [0.4, 0.5) is 0 Å². The molecule has 0 bridgehead atoms. The van der Waals surface area contributed by atoms with Gasteiger partial charge in [-0.25, -0.2) is 4.98 Å². The molecule has 1 aliphatic rings. The molecule has 0 spiro atoms. The molecule has 0 amide bonds. The van der Waals surface area contributed by atoms with Crippen molar-refractivity contribution in [2.75, 3.05) is 13.1 Å². The molecule has 3 aromatic rings. The molecule has 2 aromatic heterocycles. The van der Waals surface area contributed by atoms with E-state index < -0.39 is 0 Å². The van der Waals surface area contributed by atoms with E-state index in [-0.39, 0.29) is 11.7 Å². The second-order valence-corrected chi connectivity index (χ2v) is 7.44. The molecule has 27 heavy (non-hydrogen) atoms. The summed E-state index contributed by atoms with van der Waals surface area (Å²) in [7, 11) is 0. The Balaban J connectivity index is 1.46.